The topological polar surface area (TPSA) is 20.3 Å². The monoisotopic (exact) mass is 345 g/mol. The minimum atomic E-state index is -0.348. The summed E-state index contributed by atoms with van der Waals surface area (Å²) in [4.78, 5) is 14.5. The van der Waals surface area contributed by atoms with Crippen molar-refractivity contribution < 1.29 is 9.18 Å². The van der Waals surface area contributed by atoms with Gasteiger partial charge in [-0.3, -0.25) is 4.79 Å². The summed E-state index contributed by atoms with van der Waals surface area (Å²) in [6.07, 6.45) is 3.79. The lowest BCUT2D eigenvalue weighted by Gasteiger charge is -2.37. The van der Waals surface area contributed by atoms with Crippen LogP contribution >= 0.6 is 27.5 Å². The Morgan fingerprint density at radius 3 is 2.53 bits per heavy atom. The number of carbonyl (C=O) groups excluding carboxylic acids is 1. The summed E-state index contributed by atoms with van der Waals surface area (Å²) in [5, 5.41) is 0.182. The second-order valence-electron chi connectivity index (χ2n) is 5.29. The van der Waals surface area contributed by atoms with Gasteiger partial charge in [-0.2, -0.15) is 0 Å². The number of halogens is 3. The van der Waals surface area contributed by atoms with Gasteiger partial charge in [0.05, 0.1) is 4.47 Å². The number of piperidine rings is 1. The molecule has 1 amide bonds. The van der Waals surface area contributed by atoms with Crippen molar-refractivity contribution in [3.05, 3.63) is 34.1 Å². The third kappa shape index (κ3) is 2.40. The smallest absolute Gasteiger partial charge is 0.254 e. The van der Waals surface area contributed by atoms with Gasteiger partial charge in [-0.1, -0.05) is 0 Å². The normalized spacial score (nSPS) is 29.6. The van der Waals surface area contributed by atoms with Gasteiger partial charge in [-0.25, -0.2) is 4.39 Å². The van der Waals surface area contributed by atoms with E-state index in [4.69, 9.17) is 11.6 Å². The number of nitrogens with zero attached hydrogens (tertiary/aromatic N) is 1. The van der Waals surface area contributed by atoms with Crippen LogP contribution in [0.3, 0.4) is 0 Å². The number of alkyl halides is 1. The van der Waals surface area contributed by atoms with E-state index < -0.39 is 0 Å². The Labute approximate surface area is 125 Å². The SMILES string of the molecule is O=C(c1ccc(F)c(Br)c1)N1C2CCC1CC(Cl)C2. The number of rotatable bonds is 1. The predicted molar refractivity (Wildman–Crippen MR) is 76.0 cm³/mol. The average Bonchev–Trinajstić information content (AvgIpc) is 2.64. The lowest BCUT2D eigenvalue weighted by molar-refractivity contribution is 0.0599. The van der Waals surface area contributed by atoms with Crippen molar-refractivity contribution in [2.75, 3.05) is 0 Å². The van der Waals surface area contributed by atoms with Crippen molar-refractivity contribution in [3.8, 4) is 0 Å². The van der Waals surface area contributed by atoms with E-state index in [0.29, 0.717) is 10.0 Å². The van der Waals surface area contributed by atoms with Gasteiger partial charge < -0.3 is 4.90 Å². The molecular weight excluding hydrogens is 333 g/mol. The van der Waals surface area contributed by atoms with Gasteiger partial charge in [-0.15, -0.1) is 11.6 Å². The van der Waals surface area contributed by atoms with Crippen LogP contribution in [0.15, 0.2) is 22.7 Å². The minimum absolute atomic E-state index is 0.00299. The highest BCUT2D eigenvalue weighted by Gasteiger charge is 2.42. The number of carbonyl (C=O) groups is 1. The molecule has 2 unspecified atom stereocenters. The number of hydrogen-bond acceptors (Lipinski definition) is 1. The zero-order valence-electron chi connectivity index (χ0n) is 10.3. The van der Waals surface area contributed by atoms with Gasteiger partial charge in [0, 0.05) is 23.0 Å². The Bertz CT molecular complexity index is 510. The van der Waals surface area contributed by atoms with Gasteiger partial charge in [0.2, 0.25) is 0 Å². The highest BCUT2D eigenvalue weighted by molar-refractivity contribution is 9.10. The molecule has 3 rings (SSSR count). The summed E-state index contributed by atoms with van der Waals surface area (Å²) in [5.74, 6) is -0.351. The minimum Gasteiger partial charge on any atom is -0.333 e. The highest BCUT2D eigenvalue weighted by atomic mass is 79.9. The molecule has 0 aromatic heterocycles. The van der Waals surface area contributed by atoms with E-state index in [9.17, 15) is 9.18 Å². The van der Waals surface area contributed by atoms with Crippen LogP contribution in [0.5, 0.6) is 0 Å². The Morgan fingerprint density at radius 2 is 1.95 bits per heavy atom. The first-order valence-corrected chi connectivity index (χ1v) is 7.71. The molecule has 19 heavy (non-hydrogen) atoms. The fourth-order valence-corrected chi connectivity index (χ4v) is 4.01. The molecule has 0 radical (unpaired) electrons. The number of hydrogen-bond donors (Lipinski definition) is 0. The van der Waals surface area contributed by atoms with Crippen LogP contribution in [0.4, 0.5) is 4.39 Å². The van der Waals surface area contributed by atoms with E-state index in [0.717, 1.165) is 25.7 Å². The summed E-state index contributed by atoms with van der Waals surface area (Å²) in [6, 6.07) is 4.93. The molecule has 1 aromatic rings. The highest BCUT2D eigenvalue weighted by Crippen LogP contribution is 2.38. The molecule has 2 aliphatic heterocycles. The fraction of sp³-hybridized carbons (Fsp3) is 0.500. The van der Waals surface area contributed by atoms with Crippen LogP contribution < -0.4 is 0 Å². The molecular formula is C14H14BrClFNO. The van der Waals surface area contributed by atoms with E-state index in [2.05, 4.69) is 15.9 Å². The summed E-state index contributed by atoms with van der Waals surface area (Å²) >= 11 is 9.34. The van der Waals surface area contributed by atoms with Crippen LogP contribution in [-0.2, 0) is 0 Å². The van der Waals surface area contributed by atoms with Crippen LogP contribution in [0.25, 0.3) is 0 Å². The summed E-state index contributed by atoms with van der Waals surface area (Å²) in [6.45, 7) is 0. The van der Waals surface area contributed by atoms with Crippen molar-refractivity contribution in [1.82, 2.24) is 4.90 Å². The fourth-order valence-electron chi connectivity index (χ4n) is 3.22. The van der Waals surface area contributed by atoms with E-state index >= 15 is 0 Å². The van der Waals surface area contributed by atoms with Gasteiger partial charge in [-0.05, 0) is 59.8 Å². The van der Waals surface area contributed by atoms with E-state index in [1.54, 1.807) is 12.1 Å². The van der Waals surface area contributed by atoms with Gasteiger partial charge in [0.1, 0.15) is 5.82 Å². The molecule has 0 spiro atoms. The quantitative estimate of drug-likeness (QED) is 0.705. The van der Waals surface area contributed by atoms with Crippen molar-refractivity contribution in [3.63, 3.8) is 0 Å². The molecule has 1 aromatic carbocycles. The van der Waals surface area contributed by atoms with Crippen molar-refractivity contribution in [2.24, 2.45) is 0 Å². The van der Waals surface area contributed by atoms with E-state index in [1.807, 2.05) is 4.90 Å². The second-order valence-corrected chi connectivity index (χ2v) is 6.77. The first-order valence-electron chi connectivity index (χ1n) is 6.48. The summed E-state index contributed by atoms with van der Waals surface area (Å²) < 4.78 is 13.6. The Hall–Kier alpha value is -0.610. The van der Waals surface area contributed by atoms with Crippen molar-refractivity contribution >= 4 is 33.4 Å². The average molecular weight is 347 g/mol. The maximum absolute atomic E-state index is 13.2. The molecule has 0 saturated carbocycles. The molecule has 2 nitrogen and oxygen atoms in total. The van der Waals surface area contributed by atoms with Gasteiger partial charge in [0.15, 0.2) is 0 Å². The first kappa shape index (κ1) is 13.4. The zero-order chi connectivity index (χ0) is 13.6. The summed E-state index contributed by atoms with van der Waals surface area (Å²) in [7, 11) is 0. The Kier molecular flexibility index (Phi) is 3.56. The molecule has 2 heterocycles. The van der Waals surface area contributed by atoms with Crippen molar-refractivity contribution in [1.29, 1.82) is 0 Å². The van der Waals surface area contributed by atoms with Gasteiger partial charge in [0.25, 0.3) is 5.91 Å². The molecule has 2 aliphatic rings. The van der Waals surface area contributed by atoms with Crippen LogP contribution in [0.2, 0.25) is 0 Å². The molecule has 2 saturated heterocycles. The lowest BCUT2D eigenvalue weighted by atomic mass is 10.0. The molecule has 5 heteroatoms. The van der Waals surface area contributed by atoms with Crippen LogP contribution in [-0.4, -0.2) is 28.3 Å². The second kappa shape index (κ2) is 5.06. The molecule has 0 N–H and O–H groups in total. The maximum atomic E-state index is 13.2. The first-order chi connectivity index (χ1) is 9.06. The van der Waals surface area contributed by atoms with Gasteiger partial charge >= 0.3 is 0 Å². The Morgan fingerprint density at radius 1 is 1.32 bits per heavy atom. The van der Waals surface area contributed by atoms with Crippen LogP contribution in [0, 0.1) is 5.82 Å². The zero-order valence-corrected chi connectivity index (χ0v) is 12.6. The lowest BCUT2D eigenvalue weighted by Crippen LogP contribution is -2.46. The molecule has 0 aliphatic carbocycles. The molecule has 2 fully saturated rings. The third-order valence-corrected chi connectivity index (χ3v) is 5.04. The van der Waals surface area contributed by atoms with E-state index in [-0.39, 0.29) is 29.2 Å². The summed E-state index contributed by atoms with van der Waals surface area (Å²) in [5.41, 5.74) is 0.540. The number of amides is 1. The largest absolute Gasteiger partial charge is 0.333 e. The predicted octanol–water partition coefficient (Wildman–Crippen LogP) is 3.96. The van der Waals surface area contributed by atoms with Crippen molar-refractivity contribution in [2.45, 2.75) is 43.1 Å². The molecule has 2 atom stereocenters. The molecule has 2 bridgehead atoms. The number of fused-ring (bicyclic) bond motifs is 2. The number of benzene rings is 1. The standard InChI is InChI=1S/C14H14BrClFNO/c15-12-5-8(1-4-13(12)17)14(19)18-10-2-3-11(18)7-9(16)6-10/h1,4-5,9-11H,2-3,6-7H2. The Balaban J connectivity index is 1.86. The van der Waals surface area contributed by atoms with E-state index in [1.165, 1.54) is 6.07 Å². The third-order valence-electron chi connectivity index (χ3n) is 4.08. The maximum Gasteiger partial charge on any atom is 0.254 e. The molecule has 102 valence electrons. The van der Waals surface area contributed by atoms with Crippen LogP contribution in [0.1, 0.15) is 36.0 Å².